The average molecular weight is 333 g/mol. The fourth-order valence-electron chi connectivity index (χ4n) is 2.01. The van der Waals surface area contributed by atoms with Crippen LogP contribution in [0.1, 0.15) is 29.4 Å². The quantitative estimate of drug-likeness (QED) is 0.812. The lowest BCUT2D eigenvalue weighted by Gasteiger charge is -2.10. The number of carboxylic acid groups (broad SMARTS) is 1. The van der Waals surface area contributed by atoms with Crippen LogP contribution in [0.25, 0.3) is 5.69 Å². The minimum Gasteiger partial charge on any atom is -0.476 e. The first kappa shape index (κ1) is 17.1. The maximum Gasteiger partial charge on any atom is 0.356 e. The van der Waals surface area contributed by atoms with Gasteiger partial charge >= 0.3 is 5.97 Å². The van der Waals surface area contributed by atoms with Gasteiger partial charge in [-0.1, -0.05) is 19.1 Å². The molecular formula is C16H19N3O3S. The van der Waals surface area contributed by atoms with Crippen molar-refractivity contribution >= 4 is 23.6 Å². The number of carbonyl (C=O) groups is 2. The summed E-state index contributed by atoms with van der Waals surface area (Å²) in [4.78, 5) is 22.7. The van der Waals surface area contributed by atoms with Crippen LogP contribution in [0.3, 0.4) is 0 Å². The molecule has 1 aromatic heterocycles. The van der Waals surface area contributed by atoms with Gasteiger partial charge in [0.25, 0.3) is 0 Å². The molecule has 1 atom stereocenters. The molecular weight excluding hydrogens is 314 g/mol. The average Bonchev–Trinajstić information content (AvgIpc) is 3.03. The van der Waals surface area contributed by atoms with Gasteiger partial charge in [0.05, 0.1) is 5.69 Å². The first-order chi connectivity index (χ1) is 11.0. The molecule has 0 fully saturated rings. The van der Waals surface area contributed by atoms with E-state index >= 15 is 0 Å². The van der Waals surface area contributed by atoms with Crippen molar-refractivity contribution < 1.29 is 14.7 Å². The van der Waals surface area contributed by atoms with Gasteiger partial charge in [-0.05, 0) is 30.0 Å². The number of carboxylic acids is 1. The predicted molar refractivity (Wildman–Crippen MR) is 90.0 cm³/mol. The molecule has 0 aliphatic rings. The number of hydrogen-bond acceptors (Lipinski definition) is 4. The zero-order valence-corrected chi connectivity index (χ0v) is 13.8. The van der Waals surface area contributed by atoms with Crippen LogP contribution in [0, 0.1) is 0 Å². The Balaban J connectivity index is 2.02. The third-order valence-electron chi connectivity index (χ3n) is 3.35. The number of rotatable bonds is 7. The van der Waals surface area contributed by atoms with E-state index in [4.69, 9.17) is 5.11 Å². The highest BCUT2D eigenvalue weighted by Gasteiger charge is 2.09. The smallest absolute Gasteiger partial charge is 0.356 e. The number of amides is 1. The summed E-state index contributed by atoms with van der Waals surface area (Å²) in [6, 6.07) is 8.91. The molecule has 0 aliphatic heterocycles. The molecule has 0 saturated carbocycles. The zero-order valence-electron chi connectivity index (χ0n) is 13.0. The van der Waals surface area contributed by atoms with Crippen molar-refractivity contribution in [2.45, 2.75) is 25.1 Å². The number of aromatic carboxylic acids is 1. The second-order valence-corrected chi connectivity index (χ2v) is 6.42. The standard InChI is InChI=1S/C16H19N3O3S/c1-11(23-2)8-15(20)17-10-12-4-3-5-13(9-12)19-7-6-14(18-19)16(21)22/h3-7,9,11H,8,10H2,1-2H3,(H,17,20)(H,21,22). The van der Waals surface area contributed by atoms with Crippen LogP contribution in [-0.2, 0) is 11.3 Å². The summed E-state index contributed by atoms with van der Waals surface area (Å²) in [6.45, 7) is 2.45. The molecule has 2 N–H and O–H groups in total. The molecule has 0 saturated heterocycles. The number of carbonyl (C=O) groups excluding carboxylic acids is 1. The minimum atomic E-state index is -1.06. The van der Waals surface area contributed by atoms with Gasteiger partial charge in [-0.25, -0.2) is 9.48 Å². The Morgan fingerprint density at radius 2 is 2.17 bits per heavy atom. The van der Waals surface area contributed by atoms with Gasteiger partial charge in [0.1, 0.15) is 0 Å². The number of nitrogens with one attached hydrogen (secondary N) is 1. The fourth-order valence-corrected chi connectivity index (χ4v) is 2.33. The van der Waals surface area contributed by atoms with Crippen molar-refractivity contribution in [1.82, 2.24) is 15.1 Å². The molecule has 2 rings (SSSR count). The van der Waals surface area contributed by atoms with E-state index in [1.807, 2.05) is 37.4 Å². The molecule has 0 bridgehead atoms. The van der Waals surface area contributed by atoms with Crippen molar-refractivity contribution in [3.63, 3.8) is 0 Å². The predicted octanol–water partition coefficient (Wildman–Crippen LogP) is 2.33. The van der Waals surface area contributed by atoms with Gasteiger partial charge in [-0.15, -0.1) is 0 Å². The van der Waals surface area contributed by atoms with Crippen LogP contribution in [0.5, 0.6) is 0 Å². The van der Waals surface area contributed by atoms with Crippen LogP contribution in [0.2, 0.25) is 0 Å². The SMILES string of the molecule is CSC(C)CC(=O)NCc1cccc(-n2ccc(C(=O)O)n2)c1. The van der Waals surface area contributed by atoms with Gasteiger partial charge in [0.15, 0.2) is 5.69 Å². The maximum absolute atomic E-state index is 11.8. The minimum absolute atomic E-state index is 0.00485. The summed E-state index contributed by atoms with van der Waals surface area (Å²) in [7, 11) is 0. The zero-order chi connectivity index (χ0) is 16.8. The van der Waals surface area contributed by atoms with E-state index in [0.717, 1.165) is 11.3 Å². The first-order valence-electron chi connectivity index (χ1n) is 7.17. The summed E-state index contributed by atoms with van der Waals surface area (Å²) < 4.78 is 1.50. The van der Waals surface area contributed by atoms with Crippen molar-refractivity contribution in [2.75, 3.05) is 6.26 Å². The Kier molecular flexibility index (Phi) is 5.81. The highest BCUT2D eigenvalue weighted by molar-refractivity contribution is 7.99. The monoisotopic (exact) mass is 333 g/mol. The van der Waals surface area contributed by atoms with E-state index < -0.39 is 5.97 Å². The lowest BCUT2D eigenvalue weighted by Crippen LogP contribution is -2.25. The number of aromatic nitrogens is 2. The van der Waals surface area contributed by atoms with Crippen LogP contribution < -0.4 is 5.32 Å². The van der Waals surface area contributed by atoms with Crippen LogP contribution >= 0.6 is 11.8 Å². The molecule has 0 radical (unpaired) electrons. The Bertz CT molecular complexity index is 699. The molecule has 122 valence electrons. The van der Waals surface area contributed by atoms with E-state index in [9.17, 15) is 9.59 Å². The maximum atomic E-state index is 11.8. The normalized spacial score (nSPS) is 11.9. The van der Waals surface area contributed by atoms with Crippen LogP contribution in [0.15, 0.2) is 36.5 Å². The molecule has 1 heterocycles. The van der Waals surface area contributed by atoms with Gasteiger partial charge in [-0.3, -0.25) is 4.79 Å². The van der Waals surface area contributed by atoms with Gasteiger partial charge in [-0.2, -0.15) is 16.9 Å². The Hall–Kier alpha value is -2.28. The molecule has 1 aromatic carbocycles. The summed E-state index contributed by atoms with van der Waals surface area (Å²) in [5, 5.41) is 16.1. The van der Waals surface area contributed by atoms with E-state index in [1.165, 1.54) is 10.7 Å². The number of nitrogens with zero attached hydrogens (tertiary/aromatic N) is 2. The molecule has 23 heavy (non-hydrogen) atoms. The third kappa shape index (κ3) is 4.85. The Labute approximate surface area is 138 Å². The van der Waals surface area contributed by atoms with E-state index in [0.29, 0.717) is 18.2 Å². The summed E-state index contributed by atoms with van der Waals surface area (Å²) >= 11 is 1.66. The highest BCUT2D eigenvalue weighted by atomic mass is 32.2. The molecule has 1 unspecified atom stereocenters. The van der Waals surface area contributed by atoms with Crippen LogP contribution in [0.4, 0.5) is 0 Å². The molecule has 2 aromatic rings. The Morgan fingerprint density at radius 1 is 1.39 bits per heavy atom. The fraction of sp³-hybridized carbons (Fsp3) is 0.312. The van der Waals surface area contributed by atoms with E-state index in [1.54, 1.807) is 18.0 Å². The van der Waals surface area contributed by atoms with Crippen molar-refractivity contribution in [3.05, 3.63) is 47.8 Å². The van der Waals surface area contributed by atoms with Gasteiger partial charge in [0.2, 0.25) is 5.91 Å². The largest absolute Gasteiger partial charge is 0.476 e. The van der Waals surface area contributed by atoms with E-state index in [-0.39, 0.29) is 11.6 Å². The summed E-state index contributed by atoms with van der Waals surface area (Å²) in [5.74, 6) is -1.04. The molecule has 0 aliphatic carbocycles. The van der Waals surface area contributed by atoms with Crippen LogP contribution in [-0.4, -0.2) is 38.3 Å². The molecule has 7 heteroatoms. The number of hydrogen-bond donors (Lipinski definition) is 2. The van der Waals surface area contributed by atoms with Crippen molar-refractivity contribution in [3.8, 4) is 5.69 Å². The molecule has 6 nitrogen and oxygen atoms in total. The summed E-state index contributed by atoms with van der Waals surface area (Å²) in [5.41, 5.74) is 1.68. The first-order valence-corrected chi connectivity index (χ1v) is 8.46. The molecule has 1 amide bonds. The lowest BCUT2D eigenvalue weighted by atomic mass is 10.2. The summed E-state index contributed by atoms with van der Waals surface area (Å²) in [6.07, 6.45) is 4.07. The topological polar surface area (TPSA) is 84.2 Å². The van der Waals surface area contributed by atoms with Crippen molar-refractivity contribution in [2.24, 2.45) is 0 Å². The van der Waals surface area contributed by atoms with Gasteiger partial charge < -0.3 is 10.4 Å². The van der Waals surface area contributed by atoms with E-state index in [2.05, 4.69) is 10.4 Å². The highest BCUT2D eigenvalue weighted by Crippen LogP contribution is 2.12. The lowest BCUT2D eigenvalue weighted by molar-refractivity contribution is -0.121. The second kappa shape index (κ2) is 7.82. The number of benzene rings is 1. The Morgan fingerprint density at radius 3 is 2.83 bits per heavy atom. The number of thioether (sulfide) groups is 1. The second-order valence-electron chi connectivity index (χ2n) is 5.15. The molecule has 0 spiro atoms. The third-order valence-corrected chi connectivity index (χ3v) is 4.32. The van der Waals surface area contributed by atoms with Crippen molar-refractivity contribution in [1.29, 1.82) is 0 Å². The van der Waals surface area contributed by atoms with Gasteiger partial charge in [0, 0.05) is 24.4 Å².